The molecule has 0 spiro atoms. The molecule has 0 aliphatic rings. The van der Waals surface area contributed by atoms with Crippen LogP contribution in [-0.4, -0.2) is 5.94 Å². The lowest BCUT2D eigenvalue weighted by molar-refractivity contribution is 0.395. The second kappa shape index (κ2) is 8.04. The molecule has 0 aliphatic carbocycles. The molecule has 0 aliphatic heterocycles. The molecule has 2 aromatic rings. The van der Waals surface area contributed by atoms with Gasteiger partial charge in [0.2, 0.25) is 0 Å². The Labute approximate surface area is 130 Å². The molecule has 0 aromatic heterocycles. The van der Waals surface area contributed by atoms with Gasteiger partial charge in [0.1, 0.15) is 11.7 Å². The SMILES string of the molecule is Cl.Cl.Nc1ccc(N)c(-c2ccc(OCS)cc2)c1. The number of anilines is 2. The maximum Gasteiger partial charge on any atom is 0.131 e. The summed E-state index contributed by atoms with van der Waals surface area (Å²) in [7, 11) is 0. The van der Waals surface area contributed by atoms with Gasteiger partial charge in [0, 0.05) is 16.9 Å². The molecule has 0 saturated heterocycles. The van der Waals surface area contributed by atoms with Gasteiger partial charge >= 0.3 is 0 Å². The molecule has 2 rings (SSSR count). The van der Waals surface area contributed by atoms with E-state index in [1.165, 1.54) is 0 Å². The van der Waals surface area contributed by atoms with E-state index in [1.807, 2.05) is 36.4 Å². The lowest BCUT2D eigenvalue weighted by Crippen LogP contribution is -1.93. The lowest BCUT2D eigenvalue weighted by atomic mass is 10.0. The molecular weight excluding hydrogens is 303 g/mol. The number of thiol groups is 1. The molecule has 104 valence electrons. The first-order valence-electron chi connectivity index (χ1n) is 5.20. The first-order chi connectivity index (χ1) is 8.20. The highest BCUT2D eigenvalue weighted by Crippen LogP contribution is 2.29. The molecule has 0 saturated carbocycles. The number of ether oxygens (including phenoxy) is 1. The predicted octanol–water partition coefficient (Wildman–Crippen LogP) is 3.63. The molecule has 3 nitrogen and oxygen atoms in total. The predicted molar refractivity (Wildman–Crippen MR) is 89.7 cm³/mol. The topological polar surface area (TPSA) is 61.3 Å². The van der Waals surface area contributed by atoms with Crippen LogP contribution >= 0.6 is 37.4 Å². The minimum Gasteiger partial charge on any atom is -0.483 e. The highest BCUT2D eigenvalue weighted by Gasteiger charge is 2.03. The third kappa shape index (κ3) is 4.42. The Hall–Kier alpha value is -1.23. The minimum absolute atomic E-state index is 0. The molecule has 2 aromatic carbocycles. The summed E-state index contributed by atoms with van der Waals surface area (Å²) >= 11 is 4.00. The first kappa shape index (κ1) is 17.8. The second-order valence-electron chi connectivity index (χ2n) is 3.64. The van der Waals surface area contributed by atoms with Gasteiger partial charge in [0.05, 0.1) is 0 Å². The summed E-state index contributed by atoms with van der Waals surface area (Å²) in [6.45, 7) is 0. The van der Waals surface area contributed by atoms with Crippen molar-refractivity contribution in [2.75, 3.05) is 17.4 Å². The molecule has 0 heterocycles. The number of benzene rings is 2. The quantitative estimate of drug-likeness (QED) is 0.460. The van der Waals surface area contributed by atoms with E-state index in [2.05, 4.69) is 12.6 Å². The van der Waals surface area contributed by atoms with Crippen molar-refractivity contribution in [2.24, 2.45) is 0 Å². The Bertz CT molecular complexity index is 521. The third-order valence-electron chi connectivity index (χ3n) is 2.47. The van der Waals surface area contributed by atoms with E-state index in [4.69, 9.17) is 16.2 Å². The highest BCUT2D eigenvalue weighted by molar-refractivity contribution is 7.80. The van der Waals surface area contributed by atoms with Crippen LogP contribution in [0.2, 0.25) is 0 Å². The van der Waals surface area contributed by atoms with Crippen LogP contribution in [-0.2, 0) is 0 Å². The number of hydrogen-bond acceptors (Lipinski definition) is 4. The van der Waals surface area contributed by atoms with Gasteiger partial charge in [-0.3, -0.25) is 0 Å². The lowest BCUT2D eigenvalue weighted by Gasteiger charge is -2.08. The molecule has 0 fully saturated rings. The minimum atomic E-state index is 0. The van der Waals surface area contributed by atoms with E-state index in [9.17, 15) is 0 Å². The number of halogens is 2. The molecule has 6 heteroatoms. The molecule has 19 heavy (non-hydrogen) atoms. The average molecular weight is 319 g/mol. The number of nitrogens with two attached hydrogens (primary N) is 2. The van der Waals surface area contributed by atoms with Gasteiger partial charge in [-0.2, -0.15) is 0 Å². The summed E-state index contributed by atoms with van der Waals surface area (Å²) in [5.41, 5.74) is 15.0. The van der Waals surface area contributed by atoms with Gasteiger partial charge in [-0.25, -0.2) is 0 Å². The van der Waals surface area contributed by atoms with Gasteiger partial charge in [-0.05, 0) is 35.9 Å². The smallest absolute Gasteiger partial charge is 0.131 e. The monoisotopic (exact) mass is 318 g/mol. The van der Waals surface area contributed by atoms with E-state index >= 15 is 0 Å². The summed E-state index contributed by atoms with van der Waals surface area (Å²) in [6.07, 6.45) is 0. The average Bonchev–Trinajstić information content (AvgIpc) is 2.34. The van der Waals surface area contributed by atoms with Gasteiger partial charge < -0.3 is 16.2 Å². The highest BCUT2D eigenvalue weighted by atomic mass is 35.5. The Kier molecular flexibility index (Phi) is 7.52. The van der Waals surface area contributed by atoms with Crippen LogP contribution < -0.4 is 16.2 Å². The fraction of sp³-hybridized carbons (Fsp3) is 0.0769. The standard InChI is InChI=1S/C13H14N2OS.2ClH/c14-10-3-6-13(15)12(7-10)9-1-4-11(5-2-9)16-8-17;;/h1-7,17H,8,14-15H2;2*1H. The third-order valence-corrected chi connectivity index (χ3v) is 2.60. The van der Waals surface area contributed by atoms with Gasteiger partial charge in [-0.15, -0.1) is 37.4 Å². The molecule has 0 atom stereocenters. The van der Waals surface area contributed by atoms with Crippen LogP contribution in [0.1, 0.15) is 0 Å². The fourth-order valence-corrected chi connectivity index (χ4v) is 1.78. The zero-order chi connectivity index (χ0) is 12.3. The van der Waals surface area contributed by atoms with Crippen molar-refractivity contribution < 1.29 is 4.74 Å². The van der Waals surface area contributed by atoms with Crippen molar-refractivity contribution in [3.05, 3.63) is 42.5 Å². The zero-order valence-corrected chi connectivity index (χ0v) is 12.6. The van der Waals surface area contributed by atoms with E-state index < -0.39 is 0 Å². The van der Waals surface area contributed by atoms with Crippen molar-refractivity contribution in [1.29, 1.82) is 0 Å². The maximum absolute atomic E-state index is 5.92. The number of rotatable bonds is 3. The fourth-order valence-electron chi connectivity index (χ4n) is 1.63. The summed E-state index contributed by atoms with van der Waals surface area (Å²) in [6, 6.07) is 13.1. The Morgan fingerprint density at radius 1 is 0.947 bits per heavy atom. The molecule has 0 radical (unpaired) electrons. The summed E-state index contributed by atoms with van der Waals surface area (Å²) in [5, 5.41) is 0. The van der Waals surface area contributed by atoms with Crippen molar-refractivity contribution in [3.63, 3.8) is 0 Å². The summed E-state index contributed by atoms with van der Waals surface area (Å²) in [4.78, 5) is 0. The van der Waals surface area contributed by atoms with Crippen LogP contribution in [0.15, 0.2) is 42.5 Å². The molecule has 0 amide bonds. The van der Waals surface area contributed by atoms with Crippen LogP contribution in [0.5, 0.6) is 5.75 Å². The van der Waals surface area contributed by atoms with Gasteiger partial charge in [0.25, 0.3) is 0 Å². The normalized spacial score (nSPS) is 9.11. The van der Waals surface area contributed by atoms with Crippen molar-refractivity contribution in [1.82, 2.24) is 0 Å². The van der Waals surface area contributed by atoms with Crippen LogP contribution in [0.25, 0.3) is 11.1 Å². The Balaban J connectivity index is 0.00000162. The van der Waals surface area contributed by atoms with Gasteiger partial charge in [0.15, 0.2) is 0 Å². The Morgan fingerprint density at radius 3 is 2.16 bits per heavy atom. The van der Waals surface area contributed by atoms with Crippen molar-refractivity contribution in [3.8, 4) is 16.9 Å². The summed E-state index contributed by atoms with van der Waals surface area (Å²) in [5.74, 6) is 1.14. The molecule has 0 bridgehead atoms. The number of hydrogen-bond donors (Lipinski definition) is 3. The summed E-state index contributed by atoms with van der Waals surface area (Å²) < 4.78 is 5.26. The van der Waals surface area contributed by atoms with Crippen LogP contribution in [0.3, 0.4) is 0 Å². The van der Waals surface area contributed by atoms with Crippen LogP contribution in [0.4, 0.5) is 11.4 Å². The Morgan fingerprint density at radius 2 is 1.58 bits per heavy atom. The van der Waals surface area contributed by atoms with E-state index in [-0.39, 0.29) is 24.8 Å². The first-order valence-corrected chi connectivity index (χ1v) is 5.83. The largest absolute Gasteiger partial charge is 0.483 e. The molecule has 0 unspecified atom stereocenters. The zero-order valence-electron chi connectivity index (χ0n) is 10.1. The number of nitrogen functional groups attached to an aromatic ring is 2. The van der Waals surface area contributed by atoms with Gasteiger partial charge in [-0.1, -0.05) is 12.1 Å². The van der Waals surface area contributed by atoms with E-state index in [0.29, 0.717) is 17.3 Å². The molecule has 4 N–H and O–H groups in total. The maximum atomic E-state index is 5.92. The van der Waals surface area contributed by atoms with E-state index in [1.54, 1.807) is 6.07 Å². The van der Waals surface area contributed by atoms with E-state index in [0.717, 1.165) is 16.9 Å². The second-order valence-corrected chi connectivity index (χ2v) is 3.90. The van der Waals surface area contributed by atoms with Crippen molar-refractivity contribution >= 4 is 48.8 Å². The van der Waals surface area contributed by atoms with Crippen molar-refractivity contribution in [2.45, 2.75) is 0 Å². The van der Waals surface area contributed by atoms with Crippen LogP contribution in [0, 0.1) is 0 Å². The molecular formula is C13H16Cl2N2OS.